The predicted molar refractivity (Wildman–Crippen MR) is 89.2 cm³/mol. The molecule has 1 amide bonds. The molecule has 0 bridgehead atoms. The Morgan fingerprint density at radius 2 is 2.16 bits per heavy atom. The summed E-state index contributed by atoms with van der Waals surface area (Å²) in [5.74, 6) is -2.07. The zero-order valence-electron chi connectivity index (χ0n) is 13.9. The van der Waals surface area contributed by atoms with Crippen molar-refractivity contribution in [3.05, 3.63) is 34.6 Å². The minimum absolute atomic E-state index is 0.0503. The van der Waals surface area contributed by atoms with E-state index in [9.17, 15) is 19.1 Å². The van der Waals surface area contributed by atoms with Crippen LogP contribution in [0.5, 0.6) is 0 Å². The van der Waals surface area contributed by atoms with Crippen molar-refractivity contribution in [1.29, 1.82) is 0 Å². The van der Waals surface area contributed by atoms with Gasteiger partial charge in [-0.3, -0.25) is 14.5 Å². The van der Waals surface area contributed by atoms with Crippen LogP contribution in [0.3, 0.4) is 0 Å². The van der Waals surface area contributed by atoms with Crippen molar-refractivity contribution in [2.45, 2.75) is 0 Å². The van der Waals surface area contributed by atoms with E-state index in [1.54, 1.807) is 7.11 Å². The van der Waals surface area contributed by atoms with Gasteiger partial charge in [0.25, 0.3) is 5.91 Å². The van der Waals surface area contributed by atoms with Crippen molar-refractivity contribution in [1.82, 2.24) is 9.80 Å². The SMILES string of the molecule is COCCN1C[C@@H]2CN(C(=O)c3ccc(Cl)c(F)c3)C[C@]2(C(=O)O)C1. The lowest BCUT2D eigenvalue weighted by molar-refractivity contribution is -0.148. The van der Waals surface area contributed by atoms with E-state index in [-0.39, 0.29) is 29.0 Å². The molecule has 1 aromatic rings. The van der Waals surface area contributed by atoms with Crippen LogP contribution < -0.4 is 0 Å². The Kier molecular flexibility index (Phi) is 4.99. The number of hydrogen-bond acceptors (Lipinski definition) is 4. The lowest BCUT2D eigenvalue weighted by atomic mass is 9.81. The van der Waals surface area contributed by atoms with E-state index in [0.29, 0.717) is 32.8 Å². The Morgan fingerprint density at radius 3 is 2.76 bits per heavy atom. The fourth-order valence-electron chi connectivity index (χ4n) is 3.83. The van der Waals surface area contributed by atoms with Gasteiger partial charge in [-0.2, -0.15) is 0 Å². The number of halogens is 2. The highest BCUT2D eigenvalue weighted by atomic mass is 35.5. The van der Waals surface area contributed by atoms with Crippen molar-refractivity contribution in [2.75, 3.05) is 46.4 Å². The summed E-state index contributed by atoms with van der Waals surface area (Å²) >= 11 is 5.65. The van der Waals surface area contributed by atoms with Gasteiger partial charge in [0.2, 0.25) is 0 Å². The molecule has 2 fully saturated rings. The first kappa shape index (κ1) is 18.1. The molecule has 0 aromatic heterocycles. The van der Waals surface area contributed by atoms with Crippen LogP contribution in [0.4, 0.5) is 4.39 Å². The van der Waals surface area contributed by atoms with Crippen LogP contribution >= 0.6 is 11.6 Å². The van der Waals surface area contributed by atoms with Gasteiger partial charge >= 0.3 is 5.97 Å². The third-order valence-corrected chi connectivity index (χ3v) is 5.48. The minimum atomic E-state index is -0.978. The fourth-order valence-corrected chi connectivity index (χ4v) is 3.95. The lowest BCUT2D eigenvalue weighted by Gasteiger charge is -2.25. The molecule has 2 atom stereocenters. The van der Waals surface area contributed by atoms with Crippen molar-refractivity contribution in [3.63, 3.8) is 0 Å². The molecule has 0 aliphatic carbocycles. The standard InChI is InChI=1S/C17H20ClFN2O4/c1-25-5-4-20-7-12-8-21(10-17(12,9-20)16(23)24)15(22)11-2-3-13(18)14(19)6-11/h2-3,6,12H,4-5,7-10H2,1H3,(H,23,24)/t12-,17-/m1/s1. The molecule has 0 spiro atoms. The summed E-state index contributed by atoms with van der Waals surface area (Å²) in [6.45, 7) is 2.66. The maximum absolute atomic E-state index is 13.6. The van der Waals surface area contributed by atoms with E-state index in [0.717, 1.165) is 6.07 Å². The number of carbonyl (C=O) groups excluding carboxylic acids is 1. The van der Waals surface area contributed by atoms with Gasteiger partial charge in [0, 0.05) is 51.3 Å². The van der Waals surface area contributed by atoms with Crippen LogP contribution in [-0.4, -0.2) is 73.2 Å². The largest absolute Gasteiger partial charge is 0.481 e. The molecule has 2 aliphatic heterocycles. The fraction of sp³-hybridized carbons (Fsp3) is 0.529. The van der Waals surface area contributed by atoms with Gasteiger partial charge < -0.3 is 14.7 Å². The van der Waals surface area contributed by atoms with Gasteiger partial charge in [-0.05, 0) is 18.2 Å². The van der Waals surface area contributed by atoms with Crippen LogP contribution in [-0.2, 0) is 9.53 Å². The Labute approximate surface area is 150 Å². The maximum atomic E-state index is 13.6. The molecular weight excluding hydrogens is 351 g/mol. The second kappa shape index (κ2) is 6.90. The van der Waals surface area contributed by atoms with E-state index in [1.807, 2.05) is 0 Å². The third kappa shape index (κ3) is 3.23. The van der Waals surface area contributed by atoms with Crippen molar-refractivity contribution < 1.29 is 23.8 Å². The number of rotatable bonds is 5. The normalized spacial score (nSPS) is 26.0. The highest BCUT2D eigenvalue weighted by molar-refractivity contribution is 6.30. The topological polar surface area (TPSA) is 70.1 Å². The summed E-state index contributed by atoms with van der Waals surface area (Å²) in [5.41, 5.74) is -0.798. The number of likely N-dealkylation sites (tertiary alicyclic amines) is 2. The van der Waals surface area contributed by atoms with Crippen LogP contribution in [0, 0.1) is 17.2 Å². The number of carboxylic acids is 1. The Hall–Kier alpha value is -1.70. The van der Waals surface area contributed by atoms with Gasteiger partial charge in [0.15, 0.2) is 0 Å². The van der Waals surface area contributed by atoms with Gasteiger partial charge in [-0.1, -0.05) is 11.6 Å². The van der Waals surface area contributed by atoms with Crippen molar-refractivity contribution in [3.8, 4) is 0 Å². The quantitative estimate of drug-likeness (QED) is 0.852. The zero-order chi connectivity index (χ0) is 18.2. The number of nitrogens with zero attached hydrogens (tertiary/aromatic N) is 2. The average molecular weight is 371 g/mol. The summed E-state index contributed by atoms with van der Waals surface area (Å²) in [7, 11) is 1.61. The number of methoxy groups -OCH3 is 1. The molecule has 0 saturated carbocycles. The minimum Gasteiger partial charge on any atom is -0.481 e. The Morgan fingerprint density at radius 1 is 1.40 bits per heavy atom. The molecule has 0 unspecified atom stereocenters. The number of carboxylic acid groups (broad SMARTS) is 1. The second-order valence-electron chi connectivity index (χ2n) is 6.70. The number of ether oxygens (including phenoxy) is 1. The molecule has 2 saturated heterocycles. The van der Waals surface area contributed by atoms with Gasteiger partial charge in [-0.15, -0.1) is 0 Å². The molecule has 25 heavy (non-hydrogen) atoms. The van der Waals surface area contributed by atoms with E-state index in [1.165, 1.54) is 17.0 Å². The highest BCUT2D eigenvalue weighted by Gasteiger charge is 2.58. The van der Waals surface area contributed by atoms with Gasteiger partial charge in [0.05, 0.1) is 11.6 Å². The molecule has 6 nitrogen and oxygen atoms in total. The third-order valence-electron chi connectivity index (χ3n) is 5.17. The number of carbonyl (C=O) groups is 2. The first-order valence-corrected chi connectivity index (χ1v) is 8.44. The van der Waals surface area contributed by atoms with E-state index in [2.05, 4.69) is 4.90 Å². The molecule has 2 heterocycles. The maximum Gasteiger partial charge on any atom is 0.313 e. The highest BCUT2D eigenvalue weighted by Crippen LogP contribution is 2.43. The molecule has 2 aliphatic rings. The molecule has 8 heteroatoms. The number of amides is 1. The average Bonchev–Trinajstić information content (AvgIpc) is 3.10. The molecule has 3 rings (SSSR count). The molecule has 1 N–H and O–H groups in total. The van der Waals surface area contributed by atoms with E-state index >= 15 is 0 Å². The molecule has 1 aromatic carbocycles. The number of fused-ring (bicyclic) bond motifs is 1. The molecular formula is C17H20ClFN2O4. The van der Waals surface area contributed by atoms with Gasteiger partial charge in [0.1, 0.15) is 11.2 Å². The zero-order valence-corrected chi connectivity index (χ0v) is 14.6. The molecule has 136 valence electrons. The smallest absolute Gasteiger partial charge is 0.313 e. The van der Waals surface area contributed by atoms with E-state index in [4.69, 9.17) is 16.3 Å². The van der Waals surface area contributed by atoms with Crippen LogP contribution in [0.2, 0.25) is 5.02 Å². The summed E-state index contributed by atoms with van der Waals surface area (Å²) in [6.07, 6.45) is 0. The number of aliphatic carboxylic acids is 1. The van der Waals surface area contributed by atoms with Crippen molar-refractivity contribution >= 4 is 23.5 Å². The Bertz CT molecular complexity index is 701. The summed E-state index contributed by atoms with van der Waals surface area (Å²) in [5, 5.41) is 9.74. The summed E-state index contributed by atoms with van der Waals surface area (Å²) in [6, 6.07) is 3.89. The van der Waals surface area contributed by atoms with Gasteiger partial charge in [-0.25, -0.2) is 4.39 Å². The monoisotopic (exact) mass is 370 g/mol. The number of hydrogen-bond donors (Lipinski definition) is 1. The summed E-state index contributed by atoms with van der Waals surface area (Å²) < 4.78 is 18.7. The first-order chi connectivity index (χ1) is 11.9. The molecule has 0 radical (unpaired) electrons. The van der Waals surface area contributed by atoms with Crippen molar-refractivity contribution in [2.24, 2.45) is 11.3 Å². The predicted octanol–water partition coefficient (Wildman–Crippen LogP) is 1.58. The van der Waals surface area contributed by atoms with E-state index < -0.39 is 17.2 Å². The second-order valence-corrected chi connectivity index (χ2v) is 7.11. The first-order valence-electron chi connectivity index (χ1n) is 8.06. The van der Waals surface area contributed by atoms with Crippen LogP contribution in [0.1, 0.15) is 10.4 Å². The van der Waals surface area contributed by atoms with Crippen LogP contribution in [0.15, 0.2) is 18.2 Å². The number of benzene rings is 1. The van der Waals surface area contributed by atoms with Crippen LogP contribution in [0.25, 0.3) is 0 Å². The lowest BCUT2D eigenvalue weighted by Crippen LogP contribution is -2.42. The Balaban J connectivity index is 1.76. The summed E-state index contributed by atoms with van der Waals surface area (Å²) in [4.78, 5) is 28.2.